The fourth-order valence-electron chi connectivity index (χ4n) is 1.36. The van der Waals surface area contributed by atoms with Gasteiger partial charge in [-0.25, -0.2) is 0 Å². The van der Waals surface area contributed by atoms with Crippen molar-refractivity contribution in [2.45, 2.75) is 24.8 Å². The van der Waals surface area contributed by atoms with E-state index in [1.54, 1.807) is 0 Å². The van der Waals surface area contributed by atoms with Crippen LogP contribution in [0.1, 0.15) is 19.3 Å². The first-order valence-electron chi connectivity index (χ1n) is 3.96. The smallest absolute Gasteiger partial charge is 0.0291 e. The molecule has 1 aliphatic heterocycles. The van der Waals surface area contributed by atoms with Crippen molar-refractivity contribution in [1.82, 2.24) is 5.32 Å². The average Bonchev–Trinajstić information content (AvgIpc) is 2.15. The van der Waals surface area contributed by atoms with E-state index in [1.165, 1.54) is 0 Å². The van der Waals surface area contributed by atoms with Crippen LogP contribution in [0.5, 0.6) is 0 Å². The average molecular weight is 143 g/mol. The van der Waals surface area contributed by atoms with Crippen LogP contribution in [-0.4, -0.2) is 25.2 Å². The van der Waals surface area contributed by atoms with Crippen LogP contribution in [0.2, 0.25) is 0 Å². The lowest BCUT2D eigenvalue weighted by Gasteiger charge is -2.25. The summed E-state index contributed by atoms with van der Waals surface area (Å²) in [6, 6.07) is 0. The summed E-state index contributed by atoms with van der Waals surface area (Å²) in [7, 11) is 0. The molecule has 0 radical (unpaired) electrons. The molecule has 1 unspecified atom stereocenters. The number of hydrogen-bond acceptors (Lipinski definition) is 3. The zero-order chi connectivity index (χ0) is 7.45. The number of rotatable bonds is 1. The largest absolute Gasteiger partial charge is 0.329 e. The van der Waals surface area contributed by atoms with E-state index in [4.69, 9.17) is 11.5 Å². The molecule has 0 bridgehead atoms. The highest BCUT2D eigenvalue weighted by molar-refractivity contribution is 4.87. The maximum atomic E-state index is 5.99. The molecule has 0 amide bonds. The number of nitrogens with one attached hydrogen (secondary N) is 1. The molecule has 10 heavy (non-hydrogen) atoms. The van der Waals surface area contributed by atoms with Crippen molar-refractivity contribution >= 4 is 0 Å². The summed E-state index contributed by atoms with van der Waals surface area (Å²) >= 11 is 0. The molecule has 1 fully saturated rings. The summed E-state index contributed by atoms with van der Waals surface area (Å²) in [6.07, 6.45) is 3.24. The minimum Gasteiger partial charge on any atom is -0.329 e. The lowest BCUT2D eigenvalue weighted by atomic mass is 9.92. The monoisotopic (exact) mass is 143 g/mol. The van der Waals surface area contributed by atoms with Crippen molar-refractivity contribution in [2.24, 2.45) is 11.5 Å². The van der Waals surface area contributed by atoms with Gasteiger partial charge in [0.25, 0.3) is 0 Å². The lowest BCUT2D eigenvalue weighted by molar-refractivity contribution is 0.391. The molecule has 3 heteroatoms. The van der Waals surface area contributed by atoms with E-state index in [-0.39, 0.29) is 5.54 Å². The highest BCUT2D eigenvalue weighted by Gasteiger charge is 2.23. The van der Waals surface area contributed by atoms with Crippen LogP contribution in [0.15, 0.2) is 0 Å². The molecule has 0 aromatic carbocycles. The Morgan fingerprint density at radius 2 is 2.10 bits per heavy atom. The summed E-state index contributed by atoms with van der Waals surface area (Å²) < 4.78 is 0. The SMILES string of the molecule is NCC1(N)CCCNCC1. The summed E-state index contributed by atoms with van der Waals surface area (Å²) in [6.45, 7) is 2.74. The highest BCUT2D eigenvalue weighted by Crippen LogP contribution is 2.14. The normalized spacial score (nSPS) is 35.4. The Morgan fingerprint density at radius 3 is 2.80 bits per heavy atom. The fourth-order valence-corrected chi connectivity index (χ4v) is 1.36. The van der Waals surface area contributed by atoms with Crippen molar-refractivity contribution < 1.29 is 0 Å². The van der Waals surface area contributed by atoms with Crippen molar-refractivity contribution in [3.63, 3.8) is 0 Å². The van der Waals surface area contributed by atoms with Gasteiger partial charge in [0, 0.05) is 12.1 Å². The molecule has 60 valence electrons. The van der Waals surface area contributed by atoms with Crippen molar-refractivity contribution in [2.75, 3.05) is 19.6 Å². The topological polar surface area (TPSA) is 64.1 Å². The van der Waals surface area contributed by atoms with E-state index in [0.717, 1.165) is 32.4 Å². The molecule has 0 aromatic rings. The van der Waals surface area contributed by atoms with Gasteiger partial charge in [0.15, 0.2) is 0 Å². The second-order valence-corrected chi connectivity index (χ2v) is 3.17. The standard InChI is InChI=1S/C7H17N3/c8-6-7(9)2-1-4-10-5-3-7/h10H,1-6,8-9H2. The van der Waals surface area contributed by atoms with Gasteiger partial charge in [-0.2, -0.15) is 0 Å². The van der Waals surface area contributed by atoms with Gasteiger partial charge in [-0.1, -0.05) is 0 Å². The van der Waals surface area contributed by atoms with E-state index >= 15 is 0 Å². The molecule has 1 heterocycles. The predicted octanol–water partition coefficient (Wildman–Crippen LogP) is -0.584. The third-order valence-electron chi connectivity index (χ3n) is 2.23. The molecule has 0 saturated carbocycles. The van der Waals surface area contributed by atoms with Gasteiger partial charge in [0.05, 0.1) is 0 Å². The summed E-state index contributed by atoms with van der Waals surface area (Å²) in [5, 5.41) is 3.30. The van der Waals surface area contributed by atoms with Crippen LogP contribution in [0.4, 0.5) is 0 Å². The minimum atomic E-state index is -0.0799. The Morgan fingerprint density at radius 1 is 1.30 bits per heavy atom. The first-order chi connectivity index (χ1) is 4.77. The number of hydrogen-bond donors (Lipinski definition) is 3. The summed E-state index contributed by atoms with van der Waals surface area (Å²) in [5.74, 6) is 0. The van der Waals surface area contributed by atoms with Gasteiger partial charge < -0.3 is 16.8 Å². The zero-order valence-corrected chi connectivity index (χ0v) is 6.40. The molecular formula is C7H17N3. The maximum absolute atomic E-state index is 5.99. The Balaban J connectivity index is 2.41. The molecule has 1 saturated heterocycles. The molecule has 1 rings (SSSR count). The van der Waals surface area contributed by atoms with Crippen molar-refractivity contribution in [3.8, 4) is 0 Å². The Labute approximate surface area is 62.2 Å². The van der Waals surface area contributed by atoms with Gasteiger partial charge >= 0.3 is 0 Å². The minimum absolute atomic E-state index is 0.0799. The second kappa shape index (κ2) is 3.32. The molecule has 0 spiro atoms. The summed E-state index contributed by atoms with van der Waals surface area (Å²) in [5.41, 5.74) is 11.5. The third kappa shape index (κ3) is 1.94. The molecule has 1 atom stereocenters. The molecule has 3 nitrogen and oxygen atoms in total. The Kier molecular flexibility index (Phi) is 2.65. The van der Waals surface area contributed by atoms with Crippen LogP contribution in [0.25, 0.3) is 0 Å². The van der Waals surface area contributed by atoms with E-state index in [1.807, 2.05) is 0 Å². The first-order valence-corrected chi connectivity index (χ1v) is 3.96. The lowest BCUT2D eigenvalue weighted by Crippen LogP contribution is -2.47. The van der Waals surface area contributed by atoms with E-state index in [9.17, 15) is 0 Å². The zero-order valence-electron chi connectivity index (χ0n) is 6.40. The summed E-state index contributed by atoms with van der Waals surface area (Å²) in [4.78, 5) is 0. The maximum Gasteiger partial charge on any atom is 0.0291 e. The Hall–Kier alpha value is -0.120. The molecule has 5 N–H and O–H groups in total. The Bertz CT molecular complexity index is 95.0. The van der Waals surface area contributed by atoms with Crippen LogP contribution in [-0.2, 0) is 0 Å². The fraction of sp³-hybridized carbons (Fsp3) is 1.00. The van der Waals surface area contributed by atoms with Gasteiger partial charge in [-0.15, -0.1) is 0 Å². The molecule has 0 aromatic heterocycles. The van der Waals surface area contributed by atoms with Crippen LogP contribution >= 0.6 is 0 Å². The number of nitrogens with two attached hydrogens (primary N) is 2. The van der Waals surface area contributed by atoms with E-state index in [2.05, 4.69) is 5.32 Å². The van der Waals surface area contributed by atoms with E-state index in [0.29, 0.717) is 6.54 Å². The first kappa shape index (κ1) is 7.98. The van der Waals surface area contributed by atoms with Crippen molar-refractivity contribution in [1.29, 1.82) is 0 Å². The third-order valence-corrected chi connectivity index (χ3v) is 2.23. The second-order valence-electron chi connectivity index (χ2n) is 3.17. The van der Waals surface area contributed by atoms with Gasteiger partial charge in [-0.3, -0.25) is 0 Å². The van der Waals surface area contributed by atoms with Crippen LogP contribution in [0, 0.1) is 0 Å². The van der Waals surface area contributed by atoms with E-state index < -0.39 is 0 Å². The van der Waals surface area contributed by atoms with Gasteiger partial charge in [-0.05, 0) is 32.4 Å². The van der Waals surface area contributed by atoms with Crippen molar-refractivity contribution in [3.05, 3.63) is 0 Å². The predicted molar refractivity (Wildman–Crippen MR) is 42.7 cm³/mol. The quantitative estimate of drug-likeness (QED) is 0.460. The molecule has 1 aliphatic rings. The molecule has 0 aliphatic carbocycles. The van der Waals surface area contributed by atoms with Gasteiger partial charge in [0.2, 0.25) is 0 Å². The van der Waals surface area contributed by atoms with Crippen LogP contribution < -0.4 is 16.8 Å². The van der Waals surface area contributed by atoms with Crippen LogP contribution in [0.3, 0.4) is 0 Å². The highest BCUT2D eigenvalue weighted by atomic mass is 14.9. The molecular weight excluding hydrogens is 126 g/mol. The van der Waals surface area contributed by atoms with Gasteiger partial charge in [0.1, 0.15) is 0 Å².